The van der Waals surface area contributed by atoms with Crippen LogP contribution >= 0.6 is 11.6 Å². The van der Waals surface area contributed by atoms with Crippen molar-refractivity contribution in [2.45, 2.75) is 20.0 Å². The minimum atomic E-state index is -0.512. The molecule has 0 radical (unpaired) electrons. The number of aromatic nitrogens is 2. The Labute approximate surface area is 115 Å². The van der Waals surface area contributed by atoms with Gasteiger partial charge < -0.3 is 9.94 Å². The summed E-state index contributed by atoms with van der Waals surface area (Å²) in [6.07, 6.45) is 2.12. The maximum Gasteiger partial charge on any atom is 0.252 e. The van der Waals surface area contributed by atoms with Crippen LogP contribution in [-0.2, 0) is 13.0 Å². The minimum Gasteiger partial charge on any atom is -0.472 e. The summed E-state index contributed by atoms with van der Waals surface area (Å²) in [6, 6.07) is 6.90. The highest BCUT2D eigenvalue weighted by molar-refractivity contribution is 6.67. The second-order valence-corrected chi connectivity index (χ2v) is 4.28. The lowest BCUT2D eigenvalue weighted by atomic mass is 10.0. The van der Waals surface area contributed by atoms with E-state index in [1.54, 1.807) is 12.1 Å². The molecule has 5 nitrogen and oxygen atoms in total. The molecule has 0 aliphatic carbocycles. The van der Waals surface area contributed by atoms with Crippen molar-refractivity contribution in [3.8, 4) is 5.88 Å². The fraction of sp³-hybridized carbons (Fsp3) is 0.231. The molecule has 0 fully saturated rings. The minimum absolute atomic E-state index is 0.175. The molecule has 0 amide bonds. The van der Waals surface area contributed by atoms with Crippen LogP contribution in [0, 0.1) is 0 Å². The summed E-state index contributed by atoms with van der Waals surface area (Å²) in [5.74, 6) is 0.279. The summed E-state index contributed by atoms with van der Waals surface area (Å²) in [5.41, 5.74) is 2.18. The van der Waals surface area contributed by atoms with Crippen LogP contribution < -0.4 is 4.74 Å². The van der Waals surface area contributed by atoms with E-state index in [9.17, 15) is 4.79 Å². The van der Waals surface area contributed by atoms with E-state index in [4.69, 9.17) is 21.5 Å². The van der Waals surface area contributed by atoms with E-state index in [1.807, 2.05) is 13.0 Å². The SMILES string of the molecule is CCc1cccc(C(=O)Cl)c1COc1ccn(O)n1. The molecular formula is C13H13ClN2O3. The molecule has 0 unspecified atom stereocenters. The molecule has 6 heteroatoms. The molecule has 0 bridgehead atoms. The van der Waals surface area contributed by atoms with Crippen LogP contribution in [0.2, 0.25) is 0 Å². The largest absolute Gasteiger partial charge is 0.472 e. The Morgan fingerprint density at radius 2 is 2.26 bits per heavy atom. The van der Waals surface area contributed by atoms with Gasteiger partial charge in [0.1, 0.15) is 6.61 Å². The summed E-state index contributed by atoms with van der Waals surface area (Å²) in [4.78, 5) is 12.1. The standard InChI is InChI=1S/C13H13ClN2O3/c1-2-9-4-3-5-10(13(14)17)11(9)8-19-12-6-7-16(18)15-12/h3-7,18H,2,8H2,1H3. The fourth-order valence-corrected chi connectivity index (χ4v) is 2.02. The van der Waals surface area contributed by atoms with Gasteiger partial charge in [-0.2, -0.15) is 0 Å². The Kier molecular flexibility index (Phi) is 4.06. The predicted octanol–water partition coefficient (Wildman–Crippen LogP) is 2.64. The van der Waals surface area contributed by atoms with E-state index in [-0.39, 0.29) is 12.5 Å². The third kappa shape index (κ3) is 3.06. The van der Waals surface area contributed by atoms with E-state index in [0.717, 1.165) is 17.5 Å². The van der Waals surface area contributed by atoms with Crippen LogP contribution in [-0.4, -0.2) is 20.4 Å². The average molecular weight is 281 g/mol. The number of nitrogens with zero attached hydrogens (tertiary/aromatic N) is 2. The first-order chi connectivity index (χ1) is 9.11. The van der Waals surface area contributed by atoms with Gasteiger partial charge in [0.25, 0.3) is 5.24 Å². The van der Waals surface area contributed by atoms with Crippen LogP contribution in [0.15, 0.2) is 30.5 Å². The third-order valence-corrected chi connectivity index (χ3v) is 2.99. The zero-order valence-corrected chi connectivity index (χ0v) is 11.1. The zero-order valence-electron chi connectivity index (χ0n) is 10.3. The fourth-order valence-electron chi connectivity index (χ4n) is 1.84. The van der Waals surface area contributed by atoms with Crippen LogP contribution in [0.4, 0.5) is 0 Å². The molecule has 100 valence electrons. The second-order valence-electron chi connectivity index (χ2n) is 3.93. The van der Waals surface area contributed by atoms with Crippen molar-refractivity contribution >= 4 is 16.8 Å². The van der Waals surface area contributed by atoms with Gasteiger partial charge in [-0.25, -0.2) is 0 Å². The zero-order chi connectivity index (χ0) is 13.8. The van der Waals surface area contributed by atoms with Crippen molar-refractivity contribution in [3.05, 3.63) is 47.2 Å². The number of aryl methyl sites for hydroxylation is 1. The Morgan fingerprint density at radius 3 is 2.84 bits per heavy atom. The number of carbonyl (C=O) groups excluding carboxylic acids is 1. The molecule has 0 aliphatic rings. The first-order valence-corrected chi connectivity index (χ1v) is 6.18. The molecule has 0 saturated carbocycles. The number of benzene rings is 1. The summed E-state index contributed by atoms with van der Waals surface area (Å²) in [5, 5.41) is 12.2. The molecule has 2 rings (SSSR count). The quantitative estimate of drug-likeness (QED) is 0.675. The van der Waals surface area contributed by atoms with Gasteiger partial charge in [-0.15, -0.1) is 4.85 Å². The number of hydrogen-bond donors (Lipinski definition) is 1. The van der Waals surface area contributed by atoms with Crippen molar-refractivity contribution in [1.82, 2.24) is 9.94 Å². The van der Waals surface area contributed by atoms with Crippen LogP contribution in [0.25, 0.3) is 0 Å². The lowest BCUT2D eigenvalue weighted by Gasteiger charge is -2.11. The number of hydrogen-bond acceptors (Lipinski definition) is 4. The molecule has 0 spiro atoms. The van der Waals surface area contributed by atoms with E-state index in [0.29, 0.717) is 10.4 Å². The molecule has 1 heterocycles. The van der Waals surface area contributed by atoms with Crippen LogP contribution in [0.1, 0.15) is 28.4 Å². The molecule has 1 N–H and O–H groups in total. The Balaban J connectivity index is 2.25. The Hall–Kier alpha value is -2.01. The summed E-state index contributed by atoms with van der Waals surface area (Å²) in [7, 11) is 0. The Morgan fingerprint density at radius 1 is 1.47 bits per heavy atom. The van der Waals surface area contributed by atoms with Gasteiger partial charge in [0.2, 0.25) is 5.88 Å². The number of halogens is 1. The molecule has 0 saturated heterocycles. The lowest BCUT2D eigenvalue weighted by molar-refractivity contribution is 0.107. The van der Waals surface area contributed by atoms with Gasteiger partial charge >= 0.3 is 0 Å². The normalized spacial score (nSPS) is 10.4. The molecule has 1 aromatic heterocycles. The van der Waals surface area contributed by atoms with Gasteiger partial charge in [0.05, 0.1) is 6.20 Å². The smallest absolute Gasteiger partial charge is 0.252 e. The number of carbonyl (C=O) groups is 1. The highest BCUT2D eigenvalue weighted by Gasteiger charge is 2.13. The monoisotopic (exact) mass is 280 g/mol. The first-order valence-electron chi connectivity index (χ1n) is 5.80. The van der Waals surface area contributed by atoms with E-state index in [2.05, 4.69) is 5.10 Å². The highest BCUT2D eigenvalue weighted by Crippen LogP contribution is 2.20. The van der Waals surface area contributed by atoms with Crippen molar-refractivity contribution in [2.24, 2.45) is 0 Å². The van der Waals surface area contributed by atoms with Crippen molar-refractivity contribution in [1.29, 1.82) is 0 Å². The highest BCUT2D eigenvalue weighted by atomic mass is 35.5. The molecule has 19 heavy (non-hydrogen) atoms. The van der Waals surface area contributed by atoms with E-state index < -0.39 is 5.24 Å². The lowest BCUT2D eigenvalue weighted by Crippen LogP contribution is -2.06. The van der Waals surface area contributed by atoms with Gasteiger partial charge in [0, 0.05) is 17.2 Å². The van der Waals surface area contributed by atoms with Crippen molar-refractivity contribution in [2.75, 3.05) is 0 Å². The van der Waals surface area contributed by atoms with Crippen LogP contribution in [0.5, 0.6) is 5.88 Å². The summed E-state index contributed by atoms with van der Waals surface area (Å²) >= 11 is 5.57. The van der Waals surface area contributed by atoms with E-state index in [1.165, 1.54) is 12.3 Å². The molecule has 1 aromatic carbocycles. The maximum absolute atomic E-state index is 11.4. The van der Waals surface area contributed by atoms with Crippen LogP contribution in [0.3, 0.4) is 0 Å². The van der Waals surface area contributed by atoms with Gasteiger partial charge in [-0.1, -0.05) is 24.2 Å². The topological polar surface area (TPSA) is 64.3 Å². The molecule has 2 aromatic rings. The summed E-state index contributed by atoms with van der Waals surface area (Å²) in [6.45, 7) is 2.17. The third-order valence-electron chi connectivity index (χ3n) is 2.78. The molecule has 0 aliphatic heterocycles. The van der Waals surface area contributed by atoms with Crippen molar-refractivity contribution in [3.63, 3.8) is 0 Å². The van der Waals surface area contributed by atoms with E-state index >= 15 is 0 Å². The van der Waals surface area contributed by atoms with Gasteiger partial charge in [-0.05, 0) is 29.7 Å². The Bertz CT molecular complexity index is 595. The summed E-state index contributed by atoms with van der Waals surface area (Å²) < 4.78 is 5.44. The number of ether oxygens (including phenoxy) is 1. The molecular weight excluding hydrogens is 268 g/mol. The van der Waals surface area contributed by atoms with Gasteiger partial charge in [-0.3, -0.25) is 4.79 Å². The number of rotatable bonds is 5. The average Bonchev–Trinajstić information content (AvgIpc) is 2.81. The second kappa shape index (κ2) is 5.75. The molecule has 0 atom stereocenters. The van der Waals surface area contributed by atoms with Crippen molar-refractivity contribution < 1.29 is 14.7 Å². The maximum atomic E-state index is 11.4. The van der Waals surface area contributed by atoms with Gasteiger partial charge in [0.15, 0.2) is 0 Å². The first kappa shape index (κ1) is 13.4. The predicted molar refractivity (Wildman–Crippen MR) is 69.7 cm³/mol.